The predicted octanol–water partition coefficient (Wildman–Crippen LogP) is 0.144. The van der Waals surface area contributed by atoms with Crippen molar-refractivity contribution in [2.75, 3.05) is 7.11 Å². The number of nitrogens with two attached hydrogens (primary N) is 1. The predicted molar refractivity (Wildman–Crippen MR) is 48.5 cm³/mol. The van der Waals surface area contributed by atoms with Crippen molar-refractivity contribution >= 4 is 18.4 Å². The standard InChI is InChI=1S/C7H9N3O2.ClH/c1-12-7(11)6-9-3-5(2-8)4-10-6;/h3-4H,2,8H2,1H3;1H. The van der Waals surface area contributed by atoms with E-state index in [0.717, 1.165) is 5.56 Å². The molecule has 0 aromatic carbocycles. The minimum absolute atomic E-state index is 0. The van der Waals surface area contributed by atoms with Crippen molar-refractivity contribution in [2.24, 2.45) is 5.73 Å². The van der Waals surface area contributed by atoms with Crippen LogP contribution in [0.2, 0.25) is 0 Å². The summed E-state index contributed by atoms with van der Waals surface area (Å²) in [6.45, 7) is 0.363. The molecule has 0 amide bonds. The topological polar surface area (TPSA) is 78.1 Å². The fourth-order valence-corrected chi connectivity index (χ4v) is 0.657. The van der Waals surface area contributed by atoms with E-state index >= 15 is 0 Å². The summed E-state index contributed by atoms with van der Waals surface area (Å²) in [5.74, 6) is -0.492. The van der Waals surface area contributed by atoms with E-state index < -0.39 is 5.97 Å². The Balaban J connectivity index is 0.00000144. The second-order valence-corrected chi connectivity index (χ2v) is 2.11. The van der Waals surface area contributed by atoms with E-state index in [0.29, 0.717) is 6.54 Å². The highest BCUT2D eigenvalue weighted by Crippen LogP contribution is 1.95. The summed E-state index contributed by atoms with van der Waals surface area (Å²) in [4.78, 5) is 18.3. The molecule has 0 saturated heterocycles. The van der Waals surface area contributed by atoms with E-state index in [9.17, 15) is 4.79 Å². The Morgan fingerprint density at radius 1 is 1.54 bits per heavy atom. The first-order valence-corrected chi connectivity index (χ1v) is 3.37. The minimum atomic E-state index is -0.543. The molecule has 6 heteroatoms. The largest absolute Gasteiger partial charge is 0.463 e. The van der Waals surface area contributed by atoms with Crippen molar-refractivity contribution in [2.45, 2.75) is 6.54 Å². The first kappa shape index (κ1) is 11.8. The van der Waals surface area contributed by atoms with Crippen molar-refractivity contribution < 1.29 is 9.53 Å². The summed E-state index contributed by atoms with van der Waals surface area (Å²) in [5.41, 5.74) is 6.09. The van der Waals surface area contributed by atoms with Gasteiger partial charge < -0.3 is 10.5 Å². The maximum atomic E-state index is 10.8. The van der Waals surface area contributed by atoms with Crippen molar-refractivity contribution in [3.05, 3.63) is 23.8 Å². The van der Waals surface area contributed by atoms with Crippen molar-refractivity contribution in [3.8, 4) is 0 Å². The monoisotopic (exact) mass is 203 g/mol. The van der Waals surface area contributed by atoms with Crippen molar-refractivity contribution in [1.29, 1.82) is 0 Å². The third-order valence-electron chi connectivity index (χ3n) is 1.31. The maximum Gasteiger partial charge on any atom is 0.376 e. The van der Waals surface area contributed by atoms with Crippen LogP contribution in [0.5, 0.6) is 0 Å². The van der Waals surface area contributed by atoms with E-state index in [2.05, 4.69) is 14.7 Å². The first-order chi connectivity index (χ1) is 5.77. The average molecular weight is 204 g/mol. The highest BCUT2D eigenvalue weighted by Gasteiger charge is 2.07. The smallest absolute Gasteiger partial charge is 0.376 e. The van der Waals surface area contributed by atoms with Gasteiger partial charge in [0.2, 0.25) is 5.82 Å². The van der Waals surface area contributed by atoms with E-state index in [1.165, 1.54) is 19.5 Å². The van der Waals surface area contributed by atoms with Gasteiger partial charge in [0.1, 0.15) is 0 Å². The molecule has 0 spiro atoms. The molecule has 1 rings (SSSR count). The fourth-order valence-electron chi connectivity index (χ4n) is 0.657. The third-order valence-corrected chi connectivity index (χ3v) is 1.31. The Hall–Kier alpha value is -1.20. The number of carbonyl (C=O) groups excluding carboxylic acids is 1. The summed E-state index contributed by atoms with van der Waals surface area (Å²) >= 11 is 0. The molecule has 0 radical (unpaired) electrons. The second kappa shape index (κ2) is 5.45. The zero-order valence-electron chi connectivity index (χ0n) is 7.06. The summed E-state index contributed by atoms with van der Waals surface area (Å²) in [6.07, 6.45) is 3.00. The molecule has 2 N–H and O–H groups in total. The minimum Gasteiger partial charge on any atom is -0.463 e. The molecule has 72 valence electrons. The Morgan fingerprint density at radius 3 is 2.46 bits per heavy atom. The average Bonchev–Trinajstić information content (AvgIpc) is 2.17. The van der Waals surface area contributed by atoms with Gasteiger partial charge in [-0.2, -0.15) is 0 Å². The van der Waals surface area contributed by atoms with Crippen molar-refractivity contribution in [1.82, 2.24) is 9.97 Å². The van der Waals surface area contributed by atoms with Crippen LogP contribution in [-0.4, -0.2) is 23.0 Å². The lowest BCUT2D eigenvalue weighted by Crippen LogP contribution is -2.08. The molecule has 13 heavy (non-hydrogen) atoms. The second-order valence-electron chi connectivity index (χ2n) is 2.11. The molecule has 1 aromatic heterocycles. The number of halogens is 1. The summed E-state index contributed by atoms with van der Waals surface area (Å²) in [6, 6.07) is 0. The maximum absolute atomic E-state index is 10.8. The number of aromatic nitrogens is 2. The molecule has 0 unspecified atom stereocenters. The number of ether oxygens (including phenoxy) is 1. The van der Waals surface area contributed by atoms with Crippen LogP contribution in [0.4, 0.5) is 0 Å². The zero-order chi connectivity index (χ0) is 8.97. The van der Waals surface area contributed by atoms with Crippen LogP contribution < -0.4 is 5.73 Å². The van der Waals surface area contributed by atoms with Crippen LogP contribution in [0, 0.1) is 0 Å². The number of hydrogen-bond donors (Lipinski definition) is 1. The Labute approximate surface area is 81.7 Å². The SMILES string of the molecule is COC(=O)c1ncc(CN)cn1.Cl. The number of nitrogens with zero attached hydrogens (tertiary/aromatic N) is 2. The summed E-state index contributed by atoms with van der Waals surface area (Å²) < 4.78 is 4.41. The first-order valence-electron chi connectivity index (χ1n) is 3.37. The lowest BCUT2D eigenvalue weighted by atomic mass is 10.3. The Bertz CT molecular complexity index is 276. The van der Waals surface area contributed by atoms with Gasteiger partial charge >= 0.3 is 5.97 Å². The van der Waals surface area contributed by atoms with Crippen LogP contribution in [0.15, 0.2) is 12.4 Å². The van der Waals surface area contributed by atoms with Crippen LogP contribution in [-0.2, 0) is 11.3 Å². The molecule has 0 aliphatic carbocycles. The van der Waals surface area contributed by atoms with Gasteiger partial charge in [0.15, 0.2) is 0 Å². The molecule has 0 atom stereocenters. The van der Waals surface area contributed by atoms with Gasteiger partial charge in [-0.25, -0.2) is 14.8 Å². The summed E-state index contributed by atoms with van der Waals surface area (Å²) in [7, 11) is 1.28. The highest BCUT2D eigenvalue weighted by molar-refractivity contribution is 5.85. The molecule has 0 aliphatic heterocycles. The lowest BCUT2D eigenvalue weighted by Gasteiger charge is -1.97. The molecular formula is C7H10ClN3O2. The molecule has 0 saturated carbocycles. The molecule has 0 aliphatic rings. The normalized spacial score (nSPS) is 8.77. The molecule has 1 aromatic rings. The molecule has 1 heterocycles. The van der Waals surface area contributed by atoms with Crippen LogP contribution in [0.25, 0.3) is 0 Å². The quantitative estimate of drug-likeness (QED) is 0.692. The van der Waals surface area contributed by atoms with E-state index in [-0.39, 0.29) is 18.2 Å². The van der Waals surface area contributed by atoms with Crippen LogP contribution in [0.1, 0.15) is 16.2 Å². The van der Waals surface area contributed by atoms with E-state index in [1.807, 2.05) is 0 Å². The number of hydrogen-bond acceptors (Lipinski definition) is 5. The van der Waals surface area contributed by atoms with Crippen LogP contribution in [0.3, 0.4) is 0 Å². The van der Waals surface area contributed by atoms with E-state index in [1.54, 1.807) is 0 Å². The van der Waals surface area contributed by atoms with Gasteiger partial charge in [-0.05, 0) is 0 Å². The Kier molecular flexibility index (Phi) is 4.94. The zero-order valence-corrected chi connectivity index (χ0v) is 7.87. The molecule has 5 nitrogen and oxygen atoms in total. The number of rotatable bonds is 2. The Morgan fingerprint density at radius 2 is 2.08 bits per heavy atom. The van der Waals surface area contributed by atoms with Crippen molar-refractivity contribution in [3.63, 3.8) is 0 Å². The number of methoxy groups -OCH3 is 1. The van der Waals surface area contributed by atoms with Gasteiger partial charge in [-0.1, -0.05) is 0 Å². The molecular weight excluding hydrogens is 194 g/mol. The van der Waals surface area contributed by atoms with Gasteiger partial charge in [-0.3, -0.25) is 0 Å². The number of carbonyl (C=O) groups is 1. The lowest BCUT2D eigenvalue weighted by molar-refractivity contribution is 0.0586. The van der Waals surface area contributed by atoms with Gasteiger partial charge in [0, 0.05) is 24.5 Å². The highest BCUT2D eigenvalue weighted by atomic mass is 35.5. The number of esters is 1. The van der Waals surface area contributed by atoms with Gasteiger partial charge in [0.05, 0.1) is 7.11 Å². The van der Waals surface area contributed by atoms with Gasteiger partial charge in [0.25, 0.3) is 0 Å². The van der Waals surface area contributed by atoms with E-state index in [4.69, 9.17) is 5.73 Å². The van der Waals surface area contributed by atoms with Crippen LogP contribution >= 0.6 is 12.4 Å². The fraction of sp³-hybridized carbons (Fsp3) is 0.286. The summed E-state index contributed by atoms with van der Waals surface area (Å²) in [5, 5.41) is 0. The molecule has 0 bridgehead atoms. The van der Waals surface area contributed by atoms with Gasteiger partial charge in [-0.15, -0.1) is 12.4 Å². The third kappa shape index (κ3) is 2.96. The molecule has 0 fully saturated rings.